The van der Waals surface area contributed by atoms with Crippen molar-refractivity contribution >= 4 is 34.8 Å². The number of rotatable bonds is 2. The molecule has 0 amide bonds. The summed E-state index contributed by atoms with van der Waals surface area (Å²) in [4.78, 5) is 7.63. The van der Waals surface area contributed by atoms with Crippen molar-refractivity contribution in [3.05, 3.63) is 56.8 Å². The van der Waals surface area contributed by atoms with E-state index in [1.807, 2.05) is 12.1 Å². The van der Waals surface area contributed by atoms with E-state index in [-0.39, 0.29) is 10.3 Å². The van der Waals surface area contributed by atoms with E-state index < -0.39 is 5.82 Å². The highest BCUT2D eigenvalue weighted by Gasteiger charge is 2.11. The smallest absolute Gasteiger partial charge is 0.197 e. The zero-order valence-electron chi connectivity index (χ0n) is 8.42. The second-order valence-corrected chi connectivity index (χ2v) is 4.49. The van der Waals surface area contributed by atoms with Crippen LogP contribution in [0.4, 0.5) is 4.39 Å². The van der Waals surface area contributed by atoms with Crippen LogP contribution in [0.5, 0.6) is 0 Å². The molecule has 0 unspecified atom stereocenters. The molecule has 0 fully saturated rings. The molecule has 0 saturated carbocycles. The van der Waals surface area contributed by atoms with Gasteiger partial charge in [0.05, 0.1) is 0 Å². The lowest BCUT2D eigenvalue weighted by Crippen LogP contribution is -2.00. The third-order valence-electron chi connectivity index (χ3n) is 2.09. The van der Waals surface area contributed by atoms with Gasteiger partial charge < -0.3 is 0 Å². The van der Waals surface area contributed by atoms with Crippen LogP contribution in [0.1, 0.15) is 11.4 Å². The maximum atomic E-state index is 13.1. The largest absolute Gasteiger partial charge is 0.218 e. The highest BCUT2D eigenvalue weighted by molar-refractivity contribution is 6.33. The molecule has 2 aromatic rings. The van der Waals surface area contributed by atoms with E-state index >= 15 is 0 Å². The molecule has 0 N–H and O–H groups in total. The van der Waals surface area contributed by atoms with Gasteiger partial charge in [0.2, 0.25) is 0 Å². The number of nitrogens with zero attached hydrogens (tertiary/aromatic N) is 2. The molecule has 0 atom stereocenters. The van der Waals surface area contributed by atoms with Crippen molar-refractivity contribution in [1.29, 1.82) is 0 Å². The van der Waals surface area contributed by atoms with Gasteiger partial charge in [-0.15, -0.1) is 0 Å². The van der Waals surface area contributed by atoms with Crippen LogP contribution < -0.4 is 0 Å². The third-order valence-corrected chi connectivity index (χ3v) is 2.85. The monoisotopic (exact) mass is 290 g/mol. The quantitative estimate of drug-likeness (QED) is 0.776. The molecular formula is C11H6Cl3FN2. The van der Waals surface area contributed by atoms with Crippen molar-refractivity contribution in [2.45, 2.75) is 6.42 Å². The van der Waals surface area contributed by atoms with Crippen molar-refractivity contribution in [2.24, 2.45) is 0 Å². The minimum atomic E-state index is -0.798. The first-order valence-electron chi connectivity index (χ1n) is 4.68. The average Bonchev–Trinajstić information content (AvgIpc) is 2.29. The summed E-state index contributed by atoms with van der Waals surface area (Å²) in [6.07, 6.45) is 0.414. The van der Waals surface area contributed by atoms with Gasteiger partial charge in [0, 0.05) is 11.4 Å². The topological polar surface area (TPSA) is 25.8 Å². The van der Waals surface area contributed by atoms with Crippen molar-refractivity contribution in [1.82, 2.24) is 9.97 Å². The van der Waals surface area contributed by atoms with E-state index in [1.54, 1.807) is 12.1 Å². The number of aromatic nitrogens is 2. The molecule has 2 nitrogen and oxygen atoms in total. The molecule has 6 heteroatoms. The van der Waals surface area contributed by atoms with E-state index in [9.17, 15) is 4.39 Å². The van der Waals surface area contributed by atoms with E-state index in [0.29, 0.717) is 17.3 Å². The van der Waals surface area contributed by atoms with Crippen LogP contribution in [0.3, 0.4) is 0 Å². The summed E-state index contributed by atoms with van der Waals surface area (Å²) >= 11 is 16.9. The molecule has 0 aliphatic carbocycles. The minimum absolute atomic E-state index is 0.269. The summed E-state index contributed by atoms with van der Waals surface area (Å²) in [5.74, 6) is -0.433. The van der Waals surface area contributed by atoms with Crippen LogP contribution in [-0.4, -0.2) is 9.97 Å². The van der Waals surface area contributed by atoms with Crippen LogP contribution in [0.15, 0.2) is 24.3 Å². The molecule has 0 aliphatic rings. The van der Waals surface area contributed by atoms with Gasteiger partial charge in [-0.1, -0.05) is 46.9 Å². The molecule has 1 aromatic heterocycles. The summed E-state index contributed by atoms with van der Waals surface area (Å²) in [5.41, 5.74) is 0.938. The molecule has 1 heterocycles. The van der Waals surface area contributed by atoms with Gasteiger partial charge in [-0.05, 0) is 17.7 Å². The lowest BCUT2D eigenvalue weighted by molar-refractivity contribution is 0.611. The van der Waals surface area contributed by atoms with Crippen molar-refractivity contribution < 1.29 is 4.39 Å². The zero-order valence-corrected chi connectivity index (χ0v) is 10.7. The molecule has 17 heavy (non-hydrogen) atoms. The first-order valence-corrected chi connectivity index (χ1v) is 5.81. The summed E-state index contributed by atoms with van der Waals surface area (Å²) < 4.78 is 13.1. The Bertz CT molecular complexity index is 520. The highest BCUT2D eigenvalue weighted by Crippen LogP contribution is 2.20. The third kappa shape index (κ3) is 3.06. The van der Waals surface area contributed by atoms with Crippen molar-refractivity contribution in [2.75, 3.05) is 0 Å². The number of hydrogen-bond acceptors (Lipinski definition) is 2. The maximum Gasteiger partial charge on any atom is 0.197 e. The fourth-order valence-electron chi connectivity index (χ4n) is 1.30. The van der Waals surface area contributed by atoms with Crippen molar-refractivity contribution in [3.8, 4) is 0 Å². The normalized spacial score (nSPS) is 10.6. The van der Waals surface area contributed by atoms with Gasteiger partial charge in [0.1, 0.15) is 5.82 Å². The average molecular weight is 292 g/mol. The summed E-state index contributed by atoms with van der Waals surface area (Å²) in [7, 11) is 0. The second kappa shape index (κ2) is 5.17. The first kappa shape index (κ1) is 12.6. The standard InChI is InChI=1S/C11H6Cl3FN2/c12-7-3-1-6(2-4-7)5-8-16-10(13)9(15)11(14)17-8/h1-4H,5H2. The molecule has 0 radical (unpaired) electrons. The Kier molecular flexibility index (Phi) is 3.82. The lowest BCUT2D eigenvalue weighted by atomic mass is 10.1. The Morgan fingerprint density at radius 1 is 0.941 bits per heavy atom. The molecule has 2 rings (SSSR count). The van der Waals surface area contributed by atoms with E-state index in [0.717, 1.165) is 5.56 Å². The molecule has 0 bridgehead atoms. The molecule has 0 aliphatic heterocycles. The van der Waals surface area contributed by atoms with E-state index in [4.69, 9.17) is 34.8 Å². The van der Waals surface area contributed by atoms with Gasteiger partial charge in [-0.3, -0.25) is 0 Å². The Balaban J connectivity index is 2.27. The van der Waals surface area contributed by atoms with Crippen LogP contribution in [0, 0.1) is 5.82 Å². The van der Waals surface area contributed by atoms with Crippen LogP contribution >= 0.6 is 34.8 Å². The van der Waals surface area contributed by atoms with Gasteiger partial charge in [-0.2, -0.15) is 0 Å². The van der Waals surface area contributed by atoms with E-state index in [2.05, 4.69) is 9.97 Å². The number of halogens is 4. The Morgan fingerprint density at radius 2 is 1.47 bits per heavy atom. The fraction of sp³-hybridized carbons (Fsp3) is 0.0909. The summed E-state index contributed by atoms with van der Waals surface area (Å²) in [6.45, 7) is 0. The predicted molar refractivity (Wildman–Crippen MR) is 66.3 cm³/mol. The van der Waals surface area contributed by atoms with Crippen LogP contribution in [0.25, 0.3) is 0 Å². The fourth-order valence-corrected chi connectivity index (χ4v) is 1.85. The lowest BCUT2D eigenvalue weighted by Gasteiger charge is -2.03. The van der Waals surface area contributed by atoms with Crippen molar-refractivity contribution in [3.63, 3.8) is 0 Å². The van der Waals surface area contributed by atoms with E-state index in [1.165, 1.54) is 0 Å². The molecule has 0 saturated heterocycles. The second-order valence-electron chi connectivity index (χ2n) is 3.34. The van der Waals surface area contributed by atoms with Gasteiger partial charge in [0.15, 0.2) is 16.1 Å². The van der Waals surface area contributed by atoms with Crippen LogP contribution in [-0.2, 0) is 6.42 Å². The highest BCUT2D eigenvalue weighted by atomic mass is 35.5. The molecule has 0 spiro atoms. The zero-order chi connectivity index (χ0) is 12.4. The number of benzene rings is 1. The predicted octanol–water partition coefficient (Wildman–Crippen LogP) is 4.17. The van der Waals surface area contributed by atoms with Gasteiger partial charge in [-0.25, -0.2) is 14.4 Å². The minimum Gasteiger partial charge on any atom is -0.218 e. The Morgan fingerprint density at radius 3 is 2.00 bits per heavy atom. The van der Waals surface area contributed by atoms with Gasteiger partial charge >= 0.3 is 0 Å². The molecular weight excluding hydrogens is 285 g/mol. The Labute approximate surface area is 112 Å². The maximum absolute atomic E-state index is 13.1. The molecule has 1 aromatic carbocycles. The summed E-state index contributed by atoms with van der Waals surface area (Å²) in [5, 5.41) is 0.104. The summed E-state index contributed by atoms with van der Waals surface area (Å²) in [6, 6.07) is 7.17. The van der Waals surface area contributed by atoms with Crippen LogP contribution in [0.2, 0.25) is 15.3 Å². The first-order chi connectivity index (χ1) is 8.06. The molecule has 88 valence electrons. The SMILES string of the molecule is Fc1c(Cl)nc(Cc2ccc(Cl)cc2)nc1Cl. The Hall–Kier alpha value is -0.900. The van der Waals surface area contributed by atoms with Gasteiger partial charge in [0.25, 0.3) is 0 Å². The number of hydrogen-bond donors (Lipinski definition) is 0.